The molecular weight excluding hydrogens is 338 g/mol. The largest absolute Gasteiger partial charge is 0.496 e. The fourth-order valence-electron chi connectivity index (χ4n) is 1.86. The Labute approximate surface area is 138 Å². The van der Waals surface area contributed by atoms with Crippen molar-refractivity contribution in [1.82, 2.24) is 5.06 Å². The number of methoxy groups -OCH3 is 1. The number of hydrogen-bond donors (Lipinski definition) is 2. The normalized spacial score (nSPS) is 11.1. The molecule has 0 aliphatic carbocycles. The highest BCUT2D eigenvalue weighted by molar-refractivity contribution is 7.85. The SMILES string of the molecule is COc1ccccc1-c1ccc(C(=O)N(OS(C)(=O)=O)C(=N)N)o1. The number of para-hydroxylation sites is 1. The molecule has 0 saturated carbocycles. The van der Waals surface area contributed by atoms with E-state index in [-0.39, 0.29) is 10.8 Å². The Hall–Kier alpha value is -2.85. The maximum Gasteiger partial charge on any atom is 0.321 e. The van der Waals surface area contributed by atoms with Gasteiger partial charge >= 0.3 is 5.91 Å². The summed E-state index contributed by atoms with van der Waals surface area (Å²) >= 11 is 0. The Kier molecular flexibility index (Phi) is 4.90. The topological polar surface area (TPSA) is 136 Å². The van der Waals surface area contributed by atoms with Gasteiger partial charge in [0.2, 0.25) is 5.96 Å². The highest BCUT2D eigenvalue weighted by Gasteiger charge is 2.27. The van der Waals surface area contributed by atoms with Crippen molar-refractivity contribution in [1.29, 1.82) is 5.41 Å². The predicted octanol–water partition coefficient (Wildman–Crippen LogP) is 1.18. The molecule has 1 aromatic carbocycles. The second-order valence-corrected chi connectivity index (χ2v) is 6.18. The highest BCUT2D eigenvalue weighted by Crippen LogP contribution is 2.31. The van der Waals surface area contributed by atoms with Gasteiger partial charge in [0.1, 0.15) is 11.5 Å². The number of carbonyl (C=O) groups is 1. The van der Waals surface area contributed by atoms with Crippen LogP contribution in [-0.2, 0) is 14.4 Å². The lowest BCUT2D eigenvalue weighted by atomic mass is 10.1. The van der Waals surface area contributed by atoms with Gasteiger partial charge < -0.3 is 14.9 Å². The Bertz CT molecular complexity index is 874. The van der Waals surface area contributed by atoms with Gasteiger partial charge in [-0.2, -0.15) is 8.42 Å². The molecule has 3 N–H and O–H groups in total. The number of nitrogens with two attached hydrogens (primary N) is 1. The van der Waals surface area contributed by atoms with Crippen LogP contribution in [0.3, 0.4) is 0 Å². The number of rotatable bonds is 5. The zero-order valence-electron chi connectivity index (χ0n) is 12.8. The van der Waals surface area contributed by atoms with Gasteiger partial charge in [0.25, 0.3) is 10.1 Å². The van der Waals surface area contributed by atoms with Crippen LogP contribution in [0.5, 0.6) is 5.75 Å². The second-order valence-electron chi connectivity index (χ2n) is 4.63. The summed E-state index contributed by atoms with van der Waals surface area (Å²) in [6.45, 7) is 0. The molecular formula is C14H15N3O6S. The van der Waals surface area contributed by atoms with Gasteiger partial charge in [0.05, 0.1) is 18.9 Å². The zero-order chi connectivity index (χ0) is 17.9. The predicted molar refractivity (Wildman–Crippen MR) is 84.7 cm³/mol. The van der Waals surface area contributed by atoms with E-state index in [2.05, 4.69) is 4.28 Å². The molecule has 0 saturated heterocycles. The number of guanidine groups is 1. The average Bonchev–Trinajstić information content (AvgIpc) is 3.00. The molecule has 24 heavy (non-hydrogen) atoms. The fourth-order valence-corrected chi connectivity index (χ4v) is 2.28. The number of carbonyl (C=O) groups excluding carboxylic acids is 1. The number of hydrogen-bond acceptors (Lipinski definition) is 7. The van der Waals surface area contributed by atoms with E-state index in [4.69, 9.17) is 20.3 Å². The summed E-state index contributed by atoms with van der Waals surface area (Å²) in [6.07, 6.45) is 0.721. The first-order valence-corrected chi connectivity index (χ1v) is 8.36. The number of hydroxylamine groups is 2. The third kappa shape index (κ3) is 3.91. The molecule has 0 spiro atoms. The molecule has 10 heteroatoms. The maximum atomic E-state index is 12.3. The van der Waals surface area contributed by atoms with Crippen LogP contribution in [-0.4, -0.2) is 38.7 Å². The van der Waals surface area contributed by atoms with Crippen molar-refractivity contribution < 1.29 is 26.7 Å². The lowest BCUT2D eigenvalue weighted by Crippen LogP contribution is -2.42. The molecule has 0 unspecified atom stereocenters. The maximum absolute atomic E-state index is 12.3. The Balaban J connectivity index is 2.35. The molecule has 0 atom stereocenters. The van der Waals surface area contributed by atoms with E-state index < -0.39 is 22.0 Å². The van der Waals surface area contributed by atoms with Gasteiger partial charge in [-0.1, -0.05) is 12.1 Å². The van der Waals surface area contributed by atoms with E-state index in [1.165, 1.54) is 19.2 Å². The number of furan rings is 1. The lowest BCUT2D eigenvalue weighted by Gasteiger charge is -2.16. The Morgan fingerprint density at radius 3 is 2.50 bits per heavy atom. The molecule has 0 fully saturated rings. The number of ether oxygens (including phenoxy) is 1. The van der Waals surface area contributed by atoms with Gasteiger partial charge in [-0.25, -0.2) is 0 Å². The molecule has 128 valence electrons. The van der Waals surface area contributed by atoms with Crippen molar-refractivity contribution in [3.63, 3.8) is 0 Å². The van der Waals surface area contributed by atoms with Gasteiger partial charge in [0.15, 0.2) is 5.76 Å². The van der Waals surface area contributed by atoms with Gasteiger partial charge in [-0.3, -0.25) is 10.2 Å². The van der Waals surface area contributed by atoms with E-state index in [1.807, 2.05) is 0 Å². The molecule has 1 aromatic heterocycles. The number of benzene rings is 1. The van der Waals surface area contributed by atoms with E-state index in [0.29, 0.717) is 17.1 Å². The minimum Gasteiger partial charge on any atom is -0.496 e. The molecule has 0 bridgehead atoms. The monoisotopic (exact) mass is 353 g/mol. The molecule has 0 aliphatic rings. The first-order valence-electron chi connectivity index (χ1n) is 6.54. The Morgan fingerprint density at radius 1 is 1.25 bits per heavy atom. The molecule has 1 amide bonds. The minimum atomic E-state index is -4.05. The van der Waals surface area contributed by atoms with Crippen LogP contribution in [0.4, 0.5) is 0 Å². The van der Waals surface area contributed by atoms with E-state index in [9.17, 15) is 13.2 Å². The Morgan fingerprint density at radius 2 is 1.92 bits per heavy atom. The van der Waals surface area contributed by atoms with Gasteiger partial charge in [-0.05, 0) is 24.3 Å². The fraction of sp³-hybridized carbons (Fsp3) is 0.143. The number of nitrogens with zero attached hydrogens (tertiary/aromatic N) is 1. The lowest BCUT2D eigenvalue weighted by molar-refractivity contribution is 0.0173. The third-order valence-corrected chi connectivity index (χ3v) is 3.22. The van der Waals surface area contributed by atoms with Crippen LogP contribution in [0, 0.1) is 5.41 Å². The third-order valence-electron chi connectivity index (χ3n) is 2.80. The summed E-state index contributed by atoms with van der Waals surface area (Å²) in [5, 5.41) is 7.40. The van der Waals surface area contributed by atoms with Crippen molar-refractivity contribution >= 4 is 22.0 Å². The summed E-state index contributed by atoms with van der Waals surface area (Å²) in [5.41, 5.74) is 5.78. The standard InChI is InChI=1S/C14H15N3O6S/c1-21-10-6-4-3-5-9(10)11-7-8-12(22-11)13(18)17(14(15)16)23-24(2,19)20/h3-8H,1-2H3,(H3,15,16). The molecule has 2 aromatic rings. The van der Waals surface area contributed by atoms with Crippen molar-refractivity contribution in [3.05, 3.63) is 42.2 Å². The minimum absolute atomic E-state index is 0.125. The van der Waals surface area contributed by atoms with Crippen molar-refractivity contribution in [2.45, 2.75) is 0 Å². The molecule has 0 aliphatic heterocycles. The van der Waals surface area contributed by atoms with Crippen LogP contribution in [0.15, 0.2) is 40.8 Å². The number of amides is 1. The van der Waals surface area contributed by atoms with Crippen LogP contribution in [0.1, 0.15) is 10.6 Å². The first kappa shape index (κ1) is 17.5. The van der Waals surface area contributed by atoms with Crippen LogP contribution >= 0.6 is 0 Å². The summed E-state index contributed by atoms with van der Waals surface area (Å²) in [5.74, 6) is -1.34. The van der Waals surface area contributed by atoms with Gasteiger partial charge in [-0.15, -0.1) is 9.35 Å². The number of nitrogens with one attached hydrogen (secondary N) is 1. The van der Waals surface area contributed by atoms with Crippen molar-refractivity contribution in [2.75, 3.05) is 13.4 Å². The first-order chi connectivity index (χ1) is 11.2. The molecule has 2 rings (SSSR count). The van der Waals surface area contributed by atoms with Crippen molar-refractivity contribution in [2.24, 2.45) is 5.73 Å². The van der Waals surface area contributed by atoms with E-state index in [1.54, 1.807) is 24.3 Å². The quantitative estimate of drug-likeness (QED) is 0.468. The average molecular weight is 353 g/mol. The van der Waals surface area contributed by atoms with E-state index in [0.717, 1.165) is 6.26 Å². The highest BCUT2D eigenvalue weighted by atomic mass is 32.2. The van der Waals surface area contributed by atoms with Gasteiger partial charge in [0, 0.05) is 0 Å². The van der Waals surface area contributed by atoms with Crippen LogP contribution in [0.25, 0.3) is 11.3 Å². The summed E-state index contributed by atoms with van der Waals surface area (Å²) in [6, 6.07) is 9.79. The molecule has 1 heterocycles. The van der Waals surface area contributed by atoms with E-state index >= 15 is 0 Å². The molecule has 9 nitrogen and oxygen atoms in total. The van der Waals surface area contributed by atoms with Crippen LogP contribution in [0.2, 0.25) is 0 Å². The smallest absolute Gasteiger partial charge is 0.321 e. The second kappa shape index (κ2) is 6.72. The summed E-state index contributed by atoms with van der Waals surface area (Å²) in [7, 11) is -2.56. The zero-order valence-corrected chi connectivity index (χ0v) is 13.7. The summed E-state index contributed by atoms with van der Waals surface area (Å²) in [4.78, 5) is 12.3. The van der Waals surface area contributed by atoms with Crippen LogP contribution < -0.4 is 10.5 Å². The molecule has 0 radical (unpaired) electrons. The summed E-state index contributed by atoms with van der Waals surface area (Å²) < 4.78 is 37.4. The van der Waals surface area contributed by atoms with Crippen molar-refractivity contribution in [3.8, 4) is 17.1 Å².